The second-order valence-electron chi connectivity index (χ2n) is 2.53. The molecule has 3 nitrogen and oxygen atoms in total. The van der Waals surface area contributed by atoms with Gasteiger partial charge >= 0.3 is 0 Å². The lowest BCUT2D eigenvalue weighted by molar-refractivity contribution is 0.306. The number of methoxy groups -OCH3 is 1. The predicted molar refractivity (Wildman–Crippen MR) is 53.9 cm³/mol. The fourth-order valence-electron chi connectivity index (χ4n) is 0.674. The highest BCUT2D eigenvalue weighted by molar-refractivity contribution is 5.25. The van der Waals surface area contributed by atoms with E-state index >= 15 is 0 Å². The Hall–Kier alpha value is -1.06. The summed E-state index contributed by atoms with van der Waals surface area (Å²) in [6, 6.07) is 7.96. The zero-order valence-electron chi connectivity index (χ0n) is 8.16. The second kappa shape index (κ2) is 7.58. The Morgan fingerprint density at radius 1 is 1.31 bits per heavy atom. The average molecular weight is 183 g/mol. The number of hydrogen-bond donors (Lipinski definition) is 2. The summed E-state index contributed by atoms with van der Waals surface area (Å²) in [7, 11) is 1.67. The zero-order chi connectivity index (χ0) is 10.1. The SMILES string of the molecule is COc1ccc(C)cc1.NCCO. The molecule has 3 heteroatoms. The van der Waals surface area contributed by atoms with Crippen LogP contribution >= 0.6 is 0 Å². The first kappa shape index (κ1) is 11.9. The van der Waals surface area contributed by atoms with Gasteiger partial charge < -0.3 is 15.6 Å². The lowest BCUT2D eigenvalue weighted by Crippen LogP contribution is -2.02. The second-order valence-corrected chi connectivity index (χ2v) is 2.53. The highest BCUT2D eigenvalue weighted by atomic mass is 16.5. The van der Waals surface area contributed by atoms with E-state index in [0.29, 0.717) is 6.54 Å². The van der Waals surface area contributed by atoms with Crippen LogP contribution in [0.1, 0.15) is 5.56 Å². The van der Waals surface area contributed by atoms with E-state index in [2.05, 4.69) is 6.92 Å². The van der Waals surface area contributed by atoms with Gasteiger partial charge in [0, 0.05) is 6.54 Å². The fraction of sp³-hybridized carbons (Fsp3) is 0.400. The Morgan fingerprint density at radius 2 is 1.77 bits per heavy atom. The monoisotopic (exact) mass is 183 g/mol. The Bertz CT molecular complexity index is 207. The van der Waals surface area contributed by atoms with Gasteiger partial charge in [-0.15, -0.1) is 0 Å². The molecule has 1 rings (SSSR count). The van der Waals surface area contributed by atoms with E-state index in [4.69, 9.17) is 15.6 Å². The number of hydrogen-bond acceptors (Lipinski definition) is 3. The Morgan fingerprint density at radius 3 is 2.08 bits per heavy atom. The van der Waals surface area contributed by atoms with Gasteiger partial charge in [0.15, 0.2) is 0 Å². The van der Waals surface area contributed by atoms with Gasteiger partial charge in [0.25, 0.3) is 0 Å². The van der Waals surface area contributed by atoms with E-state index in [0.717, 1.165) is 5.75 Å². The van der Waals surface area contributed by atoms with E-state index in [1.54, 1.807) is 7.11 Å². The van der Waals surface area contributed by atoms with E-state index in [1.165, 1.54) is 5.56 Å². The molecule has 13 heavy (non-hydrogen) atoms. The van der Waals surface area contributed by atoms with Gasteiger partial charge in [-0.25, -0.2) is 0 Å². The molecule has 0 fully saturated rings. The molecule has 0 aliphatic rings. The number of aliphatic hydroxyl groups excluding tert-OH is 1. The van der Waals surface area contributed by atoms with Crippen LogP contribution in [-0.4, -0.2) is 25.4 Å². The predicted octanol–water partition coefficient (Wildman–Crippen LogP) is 0.941. The molecule has 0 heterocycles. The van der Waals surface area contributed by atoms with Crippen LogP contribution in [0, 0.1) is 6.92 Å². The van der Waals surface area contributed by atoms with Crippen molar-refractivity contribution in [2.24, 2.45) is 5.73 Å². The minimum atomic E-state index is 0.0972. The summed E-state index contributed by atoms with van der Waals surface area (Å²) in [6.45, 7) is 2.53. The lowest BCUT2D eigenvalue weighted by atomic mass is 10.2. The van der Waals surface area contributed by atoms with Crippen molar-refractivity contribution in [3.8, 4) is 5.75 Å². The minimum Gasteiger partial charge on any atom is -0.497 e. The van der Waals surface area contributed by atoms with Crippen LogP contribution in [0.15, 0.2) is 24.3 Å². The number of benzene rings is 1. The maximum Gasteiger partial charge on any atom is 0.118 e. The van der Waals surface area contributed by atoms with Crippen LogP contribution in [0.3, 0.4) is 0 Å². The smallest absolute Gasteiger partial charge is 0.118 e. The quantitative estimate of drug-likeness (QED) is 0.717. The lowest BCUT2D eigenvalue weighted by Gasteiger charge is -1.97. The topological polar surface area (TPSA) is 55.5 Å². The first-order valence-corrected chi connectivity index (χ1v) is 4.16. The normalized spacial score (nSPS) is 8.62. The molecule has 1 aromatic carbocycles. The van der Waals surface area contributed by atoms with E-state index in [1.807, 2.05) is 24.3 Å². The Labute approximate surface area is 79.1 Å². The van der Waals surface area contributed by atoms with E-state index in [-0.39, 0.29) is 6.61 Å². The van der Waals surface area contributed by atoms with Crippen LogP contribution in [0.25, 0.3) is 0 Å². The fourth-order valence-corrected chi connectivity index (χ4v) is 0.674. The van der Waals surface area contributed by atoms with Crippen LogP contribution < -0.4 is 10.5 Å². The molecule has 0 saturated heterocycles. The zero-order valence-corrected chi connectivity index (χ0v) is 8.16. The van der Waals surface area contributed by atoms with Crippen molar-refractivity contribution < 1.29 is 9.84 Å². The summed E-state index contributed by atoms with van der Waals surface area (Å²) < 4.78 is 4.97. The van der Waals surface area contributed by atoms with Gasteiger partial charge in [0.05, 0.1) is 13.7 Å². The molecule has 0 saturated carbocycles. The van der Waals surface area contributed by atoms with Crippen molar-refractivity contribution in [1.29, 1.82) is 0 Å². The molecule has 0 atom stereocenters. The summed E-state index contributed by atoms with van der Waals surface area (Å²) in [4.78, 5) is 0. The summed E-state index contributed by atoms with van der Waals surface area (Å²) in [5.74, 6) is 0.917. The van der Waals surface area contributed by atoms with Gasteiger partial charge in [-0.05, 0) is 19.1 Å². The molecule has 0 radical (unpaired) electrons. The van der Waals surface area contributed by atoms with Crippen molar-refractivity contribution in [1.82, 2.24) is 0 Å². The Kier molecular flexibility index (Phi) is 6.96. The summed E-state index contributed by atoms with van der Waals surface area (Å²) in [6.07, 6.45) is 0. The molecule has 0 aromatic heterocycles. The maximum absolute atomic E-state index is 7.75. The molecular weight excluding hydrogens is 166 g/mol. The molecule has 0 spiro atoms. The van der Waals surface area contributed by atoms with Crippen LogP contribution in [0.2, 0.25) is 0 Å². The van der Waals surface area contributed by atoms with Gasteiger partial charge in [-0.3, -0.25) is 0 Å². The van der Waals surface area contributed by atoms with E-state index in [9.17, 15) is 0 Å². The molecular formula is C10H17NO2. The van der Waals surface area contributed by atoms with Gasteiger partial charge in [0.2, 0.25) is 0 Å². The average Bonchev–Trinajstić information content (AvgIpc) is 2.19. The van der Waals surface area contributed by atoms with Crippen molar-refractivity contribution >= 4 is 0 Å². The van der Waals surface area contributed by atoms with Gasteiger partial charge in [-0.1, -0.05) is 17.7 Å². The molecule has 1 aromatic rings. The number of rotatable bonds is 2. The maximum atomic E-state index is 7.75. The van der Waals surface area contributed by atoms with Crippen molar-refractivity contribution in [3.05, 3.63) is 29.8 Å². The first-order valence-electron chi connectivity index (χ1n) is 4.16. The number of nitrogens with two attached hydrogens (primary N) is 1. The summed E-state index contributed by atoms with van der Waals surface area (Å²) in [5, 5.41) is 7.75. The van der Waals surface area contributed by atoms with Crippen molar-refractivity contribution in [3.63, 3.8) is 0 Å². The highest BCUT2D eigenvalue weighted by Gasteiger charge is 1.85. The number of ether oxygens (including phenoxy) is 1. The molecule has 3 N–H and O–H groups in total. The third-order valence-electron chi connectivity index (χ3n) is 1.39. The summed E-state index contributed by atoms with van der Waals surface area (Å²) in [5.41, 5.74) is 6.04. The van der Waals surface area contributed by atoms with E-state index < -0.39 is 0 Å². The minimum absolute atomic E-state index is 0.0972. The van der Waals surface area contributed by atoms with Crippen molar-refractivity contribution in [2.75, 3.05) is 20.3 Å². The van der Waals surface area contributed by atoms with Crippen LogP contribution in [0.5, 0.6) is 5.75 Å². The molecule has 0 bridgehead atoms. The molecule has 74 valence electrons. The van der Waals surface area contributed by atoms with Gasteiger partial charge in [0.1, 0.15) is 5.75 Å². The van der Waals surface area contributed by atoms with Crippen LogP contribution in [-0.2, 0) is 0 Å². The largest absolute Gasteiger partial charge is 0.497 e. The third kappa shape index (κ3) is 6.13. The molecule has 0 aliphatic heterocycles. The number of aryl methyl sites for hydroxylation is 1. The molecule has 0 unspecified atom stereocenters. The standard InChI is InChI=1S/C8H10O.C2H7NO/c1-7-3-5-8(9-2)6-4-7;3-1-2-4/h3-6H,1-2H3;4H,1-3H2. The molecule has 0 amide bonds. The Balaban J connectivity index is 0.000000310. The first-order chi connectivity index (χ1) is 6.24. The highest BCUT2D eigenvalue weighted by Crippen LogP contribution is 2.09. The van der Waals surface area contributed by atoms with Crippen molar-refractivity contribution in [2.45, 2.75) is 6.92 Å². The third-order valence-corrected chi connectivity index (χ3v) is 1.39. The van der Waals surface area contributed by atoms with Crippen LogP contribution in [0.4, 0.5) is 0 Å². The summed E-state index contributed by atoms with van der Waals surface area (Å²) >= 11 is 0. The number of aliphatic hydroxyl groups is 1. The molecule has 0 aliphatic carbocycles. The van der Waals surface area contributed by atoms with Gasteiger partial charge in [-0.2, -0.15) is 0 Å².